The Morgan fingerprint density at radius 2 is 1.66 bits per heavy atom. The summed E-state index contributed by atoms with van der Waals surface area (Å²) in [4.78, 5) is 29.4. The summed E-state index contributed by atoms with van der Waals surface area (Å²) >= 11 is 17.9. The van der Waals surface area contributed by atoms with Crippen molar-refractivity contribution in [1.82, 2.24) is 10.2 Å². The molecular weight excluding hydrogens is 543 g/mol. The van der Waals surface area contributed by atoms with Crippen LogP contribution in [0.1, 0.15) is 34.1 Å². The number of amides is 2. The molecular formula is C28H28Cl2N4O3S. The molecule has 0 aliphatic carbocycles. The van der Waals surface area contributed by atoms with Gasteiger partial charge in [0, 0.05) is 37.4 Å². The van der Waals surface area contributed by atoms with Crippen LogP contribution in [0.3, 0.4) is 0 Å². The van der Waals surface area contributed by atoms with Gasteiger partial charge in [-0.1, -0.05) is 42.3 Å². The second kappa shape index (κ2) is 13.0. The van der Waals surface area contributed by atoms with Gasteiger partial charge >= 0.3 is 0 Å². The van der Waals surface area contributed by atoms with Gasteiger partial charge in [-0.3, -0.25) is 14.9 Å². The van der Waals surface area contributed by atoms with E-state index in [4.69, 9.17) is 40.2 Å². The fourth-order valence-corrected chi connectivity index (χ4v) is 4.80. The van der Waals surface area contributed by atoms with Crippen molar-refractivity contribution in [2.24, 2.45) is 0 Å². The minimum atomic E-state index is -0.399. The van der Waals surface area contributed by atoms with Crippen molar-refractivity contribution in [3.05, 3.63) is 87.9 Å². The second-order valence-electron chi connectivity index (χ2n) is 8.71. The largest absolute Gasteiger partial charge is 0.494 e. The molecule has 10 heteroatoms. The molecule has 198 valence electrons. The third-order valence-corrected chi connectivity index (χ3v) is 6.87. The van der Waals surface area contributed by atoms with Crippen LogP contribution >= 0.6 is 35.4 Å². The molecule has 38 heavy (non-hydrogen) atoms. The topological polar surface area (TPSA) is 73.9 Å². The number of carbonyl (C=O) groups excluding carboxylic acids is 2. The van der Waals surface area contributed by atoms with Crippen molar-refractivity contribution in [2.75, 3.05) is 43.0 Å². The number of nitrogens with zero attached hydrogens (tertiary/aromatic N) is 2. The SMILES string of the molecule is CCCOc1ccc(C(=O)N2CCN(c3ccc(NC(=S)NC(=O)c4ccccc4Cl)cc3Cl)CC2)cc1. The zero-order valence-electron chi connectivity index (χ0n) is 20.9. The Bertz CT molecular complexity index is 1310. The number of piperazine rings is 1. The van der Waals surface area contributed by atoms with Crippen LogP contribution in [-0.2, 0) is 0 Å². The highest BCUT2D eigenvalue weighted by molar-refractivity contribution is 7.80. The quantitative estimate of drug-likeness (QED) is 0.346. The molecule has 2 amide bonds. The number of anilines is 2. The predicted molar refractivity (Wildman–Crippen MR) is 157 cm³/mol. The Balaban J connectivity index is 1.30. The lowest BCUT2D eigenvalue weighted by molar-refractivity contribution is 0.0746. The van der Waals surface area contributed by atoms with E-state index in [2.05, 4.69) is 22.5 Å². The van der Waals surface area contributed by atoms with Gasteiger partial charge in [0.15, 0.2) is 5.11 Å². The molecule has 1 aliphatic heterocycles. The molecule has 1 fully saturated rings. The first-order chi connectivity index (χ1) is 18.4. The van der Waals surface area contributed by atoms with E-state index in [-0.39, 0.29) is 11.0 Å². The van der Waals surface area contributed by atoms with Crippen LogP contribution in [0.2, 0.25) is 10.0 Å². The molecule has 0 saturated carbocycles. The van der Waals surface area contributed by atoms with Crippen molar-refractivity contribution in [1.29, 1.82) is 0 Å². The van der Waals surface area contributed by atoms with Gasteiger partial charge in [0.25, 0.3) is 11.8 Å². The predicted octanol–water partition coefficient (Wildman–Crippen LogP) is 5.87. The van der Waals surface area contributed by atoms with Crippen LogP contribution < -0.4 is 20.3 Å². The van der Waals surface area contributed by atoms with Crippen LogP contribution in [-0.4, -0.2) is 54.6 Å². The number of ether oxygens (including phenoxy) is 1. The third-order valence-electron chi connectivity index (χ3n) is 6.03. The number of halogens is 2. The fourth-order valence-electron chi connectivity index (χ4n) is 4.07. The van der Waals surface area contributed by atoms with E-state index in [0.29, 0.717) is 59.6 Å². The van der Waals surface area contributed by atoms with Crippen LogP contribution in [0.15, 0.2) is 66.7 Å². The zero-order chi connectivity index (χ0) is 27.1. The van der Waals surface area contributed by atoms with Gasteiger partial charge < -0.3 is 19.9 Å². The van der Waals surface area contributed by atoms with Crippen molar-refractivity contribution in [3.63, 3.8) is 0 Å². The summed E-state index contributed by atoms with van der Waals surface area (Å²) in [5, 5.41) is 6.62. The maximum atomic E-state index is 13.0. The summed E-state index contributed by atoms with van der Waals surface area (Å²) in [6.07, 6.45) is 0.935. The first-order valence-electron chi connectivity index (χ1n) is 12.3. The molecule has 0 atom stereocenters. The highest BCUT2D eigenvalue weighted by Gasteiger charge is 2.23. The molecule has 0 bridgehead atoms. The Labute approximate surface area is 237 Å². The van der Waals surface area contributed by atoms with Crippen LogP contribution in [0.25, 0.3) is 0 Å². The number of hydrogen-bond acceptors (Lipinski definition) is 5. The van der Waals surface area contributed by atoms with Gasteiger partial charge in [0.1, 0.15) is 5.75 Å². The number of hydrogen-bond donors (Lipinski definition) is 2. The summed E-state index contributed by atoms with van der Waals surface area (Å²) < 4.78 is 5.60. The Morgan fingerprint density at radius 1 is 0.947 bits per heavy atom. The summed E-state index contributed by atoms with van der Waals surface area (Å²) in [6, 6.07) is 19.5. The molecule has 2 N–H and O–H groups in total. The molecule has 3 aromatic carbocycles. The molecule has 7 nitrogen and oxygen atoms in total. The molecule has 1 saturated heterocycles. The van der Waals surface area contributed by atoms with Gasteiger partial charge in [0.05, 0.1) is 27.9 Å². The minimum absolute atomic E-state index is 0.00434. The molecule has 0 unspecified atom stereocenters. The zero-order valence-corrected chi connectivity index (χ0v) is 23.2. The van der Waals surface area contributed by atoms with Crippen LogP contribution in [0, 0.1) is 0 Å². The molecule has 0 spiro atoms. The van der Waals surface area contributed by atoms with Crippen LogP contribution in [0.5, 0.6) is 5.75 Å². The molecule has 0 radical (unpaired) electrons. The molecule has 0 aromatic heterocycles. The first kappa shape index (κ1) is 27.7. The number of rotatable bonds is 7. The van der Waals surface area contributed by atoms with E-state index in [1.807, 2.05) is 41.3 Å². The van der Waals surface area contributed by atoms with Gasteiger partial charge in [-0.15, -0.1) is 0 Å². The number of carbonyl (C=O) groups is 2. The maximum Gasteiger partial charge on any atom is 0.258 e. The third kappa shape index (κ3) is 6.95. The number of nitrogens with one attached hydrogen (secondary N) is 2. The summed E-state index contributed by atoms with van der Waals surface area (Å²) in [6.45, 7) is 5.19. The van der Waals surface area contributed by atoms with E-state index in [0.717, 1.165) is 17.9 Å². The number of benzene rings is 3. The van der Waals surface area contributed by atoms with E-state index in [1.54, 1.807) is 30.3 Å². The van der Waals surface area contributed by atoms with Crippen molar-refractivity contribution in [3.8, 4) is 5.75 Å². The summed E-state index contributed by atoms with van der Waals surface area (Å²) in [7, 11) is 0. The lowest BCUT2D eigenvalue weighted by atomic mass is 10.1. The van der Waals surface area contributed by atoms with Gasteiger partial charge in [-0.2, -0.15) is 0 Å². The van der Waals surface area contributed by atoms with E-state index in [1.165, 1.54) is 0 Å². The van der Waals surface area contributed by atoms with Crippen molar-refractivity contribution in [2.45, 2.75) is 13.3 Å². The van der Waals surface area contributed by atoms with E-state index in [9.17, 15) is 9.59 Å². The first-order valence-corrected chi connectivity index (χ1v) is 13.5. The van der Waals surface area contributed by atoms with E-state index >= 15 is 0 Å². The normalized spacial score (nSPS) is 13.1. The number of thiocarbonyl (C=S) groups is 1. The fraction of sp³-hybridized carbons (Fsp3) is 0.250. The average molecular weight is 572 g/mol. The molecule has 4 rings (SSSR count). The average Bonchev–Trinajstić information content (AvgIpc) is 2.92. The Morgan fingerprint density at radius 3 is 2.32 bits per heavy atom. The monoisotopic (exact) mass is 570 g/mol. The standard InChI is InChI=1S/C28H28Cl2N4O3S/c1-2-17-37-21-10-7-19(8-11-21)27(36)34-15-13-33(14-16-34)25-12-9-20(18-24(25)30)31-28(38)32-26(35)22-5-3-4-6-23(22)29/h3-12,18H,2,13-17H2,1H3,(H2,31,32,35,38). The molecule has 3 aromatic rings. The molecule has 1 heterocycles. The lowest BCUT2D eigenvalue weighted by Crippen LogP contribution is -2.48. The maximum absolute atomic E-state index is 13.0. The highest BCUT2D eigenvalue weighted by Crippen LogP contribution is 2.30. The van der Waals surface area contributed by atoms with E-state index < -0.39 is 5.91 Å². The smallest absolute Gasteiger partial charge is 0.258 e. The van der Waals surface area contributed by atoms with Gasteiger partial charge in [-0.05, 0) is 73.2 Å². The van der Waals surface area contributed by atoms with Crippen LogP contribution in [0.4, 0.5) is 11.4 Å². The van der Waals surface area contributed by atoms with Crippen molar-refractivity contribution < 1.29 is 14.3 Å². The van der Waals surface area contributed by atoms with Gasteiger partial charge in [-0.25, -0.2) is 0 Å². The molecule has 1 aliphatic rings. The van der Waals surface area contributed by atoms with Crippen molar-refractivity contribution >= 4 is 63.7 Å². The summed E-state index contributed by atoms with van der Waals surface area (Å²) in [5.74, 6) is 0.373. The highest BCUT2D eigenvalue weighted by atomic mass is 35.5. The second-order valence-corrected chi connectivity index (χ2v) is 9.93. The Kier molecular flexibility index (Phi) is 9.44. The van der Waals surface area contributed by atoms with Gasteiger partial charge in [0.2, 0.25) is 0 Å². The Hall–Kier alpha value is -3.33. The minimum Gasteiger partial charge on any atom is -0.494 e. The summed E-state index contributed by atoms with van der Waals surface area (Å²) in [5.41, 5.74) is 2.49. The lowest BCUT2D eigenvalue weighted by Gasteiger charge is -2.36.